The van der Waals surface area contributed by atoms with Crippen LogP contribution in [0.1, 0.15) is 36.1 Å². The van der Waals surface area contributed by atoms with Crippen molar-refractivity contribution in [3.8, 4) is 22.4 Å². The Hall–Kier alpha value is -6.19. The summed E-state index contributed by atoms with van der Waals surface area (Å²) in [4.78, 5) is 7.83. The molecule has 10 rings (SSSR count). The highest BCUT2D eigenvalue weighted by Gasteiger charge is 2.37. The van der Waals surface area contributed by atoms with Crippen LogP contribution in [0, 0.1) is 0 Å². The predicted octanol–water partition coefficient (Wildman–Crippen LogP) is 12.2. The summed E-state index contributed by atoms with van der Waals surface area (Å²) < 4.78 is 2.54. The Morgan fingerprint density at radius 2 is 1.38 bits per heavy atom. The number of hydrogen-bond acceptors (Lipinski definition) is 2. The first kappa shape index (κ1) is 28.8. The first-order valence-electron chi connectivity index (χ1n) is 17.6. The fraction of sp³-hybridized carbons (Fsp3) is 0.0851. The van der Waals surface area contributed by atoms with Crippen LogP contribution in [-0.4, -0.2) is 9.55 Å². The fourth-order valence-corrected chi connectivity index (χ4v) is 8.42. The summed E-state index contributed by atoms with van der Waals surface area (Å²) in [6.45, 7) is 0. The van der Waals surface area contributed by atoms with E-state index in [1.54, 1.807) is 0 Å². The van der Waals surface area contributed by atoms with Gasteiger partial charge < -0.3 is 9.47 Å². The van der Waals surface area contributed by atoms with E-state index < -0.39 is 0 Å². The van der Waals surface area contributed by atoms with Crippen molar-refractivity contribution in [2.75, 3.05) is 4.90 Å². The average molecular weight is 642 g/mol. The van der Waals surface area contributed by atoms with Gasteiger partial charge in [-0.05, 0) is 66.4 Å². The molecule has 0 saturated heterocycles. The van der Waals surface area contributed by atoms with Gasteiger partial charge in [-0.25, -0.2) is 4.98 Å². The van der Waals surface area contributed by atoms with Crippen molar-refractivity contribution in [2.45, 2.75) is 24.8 Å². The molecular weight excluding hydrogens is 607 g/mol. The number of fused-ring (bicyclic) bond motifs is 6. The zero-order valence-electron chi connectivity index (χ0n) is 27.7. The van der Waals surface area contributed by atoms with Crippen LogP contribution in [0.5, 0.6) is 0 Å². The van der Waals surface area contributed by atoms with E-state index in [1.807, 2.05) is 0 Å². The quantitative estimate of drug-likeness (QED) is 0.186. The Labute approximate surface area is 292 Å². The second kappa shape index (κ2) is 11.7. The molecule has 1 aliphatic heterocycles. The second-order valence-corrected chi connectivity index (χ2v) is 13.4. The lowest BCUT2D eigenvalue weighted by molar-refractivity contribution is 0.648. The van der Waals surface area contributed by atoms with Gasteiger partial charge in [0.15, 0.2) is 0 Å². The average Bonchev–Trinajstić information content (AvgIpc) is 3.72. The van der Waals surface area contributed by atoms with Crippen molar-refractivity contribution < 1.29 is 0 Å². The fourth-order valence-electron chi connectivity index (χ4n) is 8.42. The highest BCUT2D eigenvalue weighted by molar-refractivity contribution is 6.13. The Morgan fingerprint density at radius 3 is 2.30 bits per heavy atom. The lowest BCUT2D eigenvalue weighted by atomic mass is 9.87. The SMILES string of the molecule is C1=CCC(n2c3ccccc3c3cccc(-c4cccc(-c5cccc(C6=C7C(CC=C6)c6ccccc6N7c6ccccc6)n5)c4)c32)C=C1. The smallest absolute Gasteiger partial charge is 0.0727 e. The molecule has 3 aliphatic rings. The van der Waals surface area contributed by atoms with Crippen LogP contribution in [0.2, 0.25) is 0 Å². The summed E-state index contributed by atoms with van der Waals surface area (Å²) in [7, 11) is 0. The zero-order chi connectivity index (χ0) is 33.0. The largest absolute Gasteiger partial charge is 0.333 e. The Balaban J connectivity index is 1.10. The first-order valence-corrected chi connectivity index (χ1v) is 17.6. The van der Waals surface area contributed by atoms with E-state index in [-0.39, 0.29) is 6.04 Å². The van der Waals surface area contributed by atoms with E-state index in [2.05, 4.69) is 185 Å². The van der Waals surface area contributed by atoms with Gasteiger partial charge in [0.1, 0.15) is 0 Å². The minimum Gasteiger partial charge on any atom is -0.333 e. The summed E-state index contributed by atoms with van der Waals surface area (Å²) in [5.74, 6) is 0.293. The molecule has 3 heteroatoms. The number of hydrogen-bond donors (Lipinski definition) is 0. The normalized spacial score (nSPS) is 17.9. The molecule has 2 atom stereocenters. The minimum absolute atomic E-state index is 0.268. The monoisotopic (exact) mass is 641 g/mol. The molecule has 50 heavy (non-hydrogen) atoms. The van der Waals surface area contributed by atoms with E-state index >= 15 is 0 Å². The third kappa shape index (κ3) is 4.54. The van der Waals surface area contributed by atoms with Gasteiger partial charge in [0.25, 0.3) is 0 Å². The number of para-hydroxylation sites is 4. The molecule has 5 aromatic carbocycles. The van der Waals surface area contributed by atoms with Crippen LogP contribution >= 0.6 is 0 Å². The van der Waals surface area contributed by atoms with E-state index in [9.17, 15) is 0 Å². The molecule has 3 nitrogen and oxygen atoms in total. The molecule has 2 aromatic heterocycles. The van der Waals surface area contributed by atoms with Crippen molar-refractivity contribution in [1.29, 1.82) is 0 Å². The van der Waals surface area contributed by atoms with Gasteiger partial charge in [-0.2, -0.15) is 0 Å². The molecule has 2 unspecified atom stereocenters. The molecule has 0 fully saturated rings. The van der Waals surface area contributed by atoms with E-state index in [0.717, 1.165) is 29.8 Å². The number of rotatable bonds is 5. The molecule has 0 radical (unpaired) electrons. The predicted molar refractivity (Wildman–Crippen MR) is 208 cm³/mol. The van der Waals surface area contributed by atoms with Gasteiger partial charge in [-0.3, -0.25) is 0 Å². The van der Waals surface area contributed by atoms with Crippen molar-refractivity contribution in [3.05, 3.63) is 193 Å². The minimum atomic E-state index is 0.268. The molecule has 0 amide bonds. The maximum Gasteiger partial charge on any atom is 0.0727 e. The van der Waals surface area contributed by atoms with E-state index in [4.69, 9.17) is 4.98 Å². The topological polar surface area (TPSA) is 21.1 Å². The van der Waals surface area contributed by atoms with E-state index in [0.29, 0.717) is 5.92 Å². The van der Waals surface area contributed by atoms with Crippen LogP contribution in [0.25, 0.3) is 49.8 Å². The third-order valence-corrected chi connectivity index (χ3v) is 10.6. The van der Waals surface area contributed by atoms with Gasteiger partial charge in [0, 0.05) is 56.0 Å². The van der Waals surface area contributed by atoms with Crippen LogP contribution in [0.15, 0.2) is 182 Å². The lowest BCUT2D eigenvalue weighted by Crippen LogP contribution is -2.17. The highest BCUT2D eigenvalue weighted by Crippen LogP contribution is 2.53. The maximum atomic E-state index is 5.38. The summed E-state index contributed by atoms with van der Waals surface area (Å²) in [6.07, 6.45) is 15.5. The number of nitrogens with zero attached hydrogens (tertiary/aromatic N) is 3. The molecule has 0 bridgehead atoms. The molecule has 2 aliphatic carbocycles. The summed E-state index contributed by atoms with van der Waals surface area (Å²) in [5, 5.41) is 2.59. The Morgan fingerprint density at radius 1 is 0.600 bits per heavy atom. The molecule has 0 spiro atoms. The summed E-state index contributed by atoms with van der Waals surface area (Å²) >= 11 is 0. The molecule has 3 heterocycles. The Kier molecular flexibility index (Phi) is 6.76. The third-order valence-electron chi connectivity index (χ3n) is 10.6. The van der Waals surface area contributed by atoms with Crippen LogP contribution in [0.3, 0.4) is 0 Å². The summed E-state index contributed by atoms with van der Waals surface area (Å²) in [6, 6.07) is 50.8. The highest BCUT2D eigenvalue weighted by atomic mass is 15.2. The molecule has 0 N–H and O–H groups in total. The van der Waals surface area contributed by atoms with Gasteiger partial charge in [0.05, 0.1) is 22.9 Å². The van der Waals surface area contributed by atoms with Crippen molar-refractivity contribution >= 4 is 38.8 Å². The van der Waals surface area contributed by atoms with Gasteiger partial charge in [-0.1, -0.05) is 134 Å². The number of anilines is 2. The number of pyridine rings is 1. The van der Waals surface area contributed by atoms with Gasteiger partial charge in [0.2, 0.25) is 0 Å². The van der Waals surface area contributed by atoms with Crippen LogP contribution < -0.4 is 4.90 Å². The lowest BCUT2D eigenvalue weighted by Gasteiger charge is -2.27. The molecule has 0 saturated carbocycles. The second-order valence-electron chi connectivity index (χ2n) is 13.4. The van der Waals surface area contributed by atoms with E-state index in [1.165, 1.54) is 61.1 Å². The first-order chi connectivity index (χ1) is 24.8. The van der Waals surface area contributed by atoms with Gasteiger partial charge in [-0.15, -0.1) is 0 Å². The van der Waals surface area contributed by atoms with Crippen molar-refractivity contribution in [2.24, 2.45) is 0 Å². The number of benzene rings is 5. The standard InChI is InChI=1S/C47H35N3/c1-3-17-34(18-4-1)49-44-29-9-7-21-37(44)39-24-12-23-36(46(39)49)32-15-11-16-33(31-32)42-27-14-28-43(48-42)41-26-13-25-40-38-22-8-10-30-45(38)50(47(40)41)35-19-5-2-6-20-35/h1-17,19-24,26-31,34,40H,18,25H2. The molecule has 238 valence electrons. The Bertz CT molecular complexity index is 2560. The van der Waals surface area contributed by atoms with Crippen LogP contribution in [-0.2, 0) is 0 Å². The van der Waals surface area contributed by atoms with Crippen LogP contribution in [0.4, 0.5) is 11.4 Å². The maximum absolute atomic E-state index is 5.38. The van der Waals surface area contributed by atoms with Gasteiger partial charge >= 0.3 is 0 Å². The summed E-state index contributed by atoms with van der Waals surface area (Å²) in [5.41, 5.74) is 14.4. The number of aromatic nitrogens is 2. The zero-order valence-corrected chi connectivity index (χ0v) is 27.7. The number of allylic oxidation sites excluding steroid dienone is 8. The molecule has 7 aromatic rings. The van der Waals surface area contributed by atoms with Crippen molar-refractivity contribution in [3.63, 3.8) is 0 Å². The van der Waals surface area contributed by atoms with Crippen molar-refractivity contribution in [1.82, 2.24) is 9.55 Å². The molecular formula is C47H35N3.